The molecule has 0 amide bonds. The molecule has 2 rings (SSSR count). The topological polar surface area (TPSA) is 79.4 Å². The van der Waals surface area contributed by atoms with Crippen LogP contribution in [0.1, 0.15) is 17.3 Å². The number of carbonyl (C=O) groups excluding carboxylic acids is 1. The number of anilines is 1. The predicted octanol–water partition coefficient (Wildman–Crippen LogP) is 2.37. The molecule has 0 saturated heterocycles. The molecule has 7 heteroatoms. The SMILES string of the molecule is CCOCCOC(=O)c1c(SC)nn(-c2ccccc2)c1N. The van der Waals surface area contributed by atoms with Gasteiger partial charge in [0.15, 0.2) is 0 Å². The molecule has 0 aliphatic rings. The smallest absolute Gasteiger partial charge is 0.344 e. The van der Waals surface area contributed by atoms with Crippen LogP contribution < -0.4 is 5.73 Å². The van der Waals surface area contributed by atoms with Crippen LogP contribution in [-0.2, 0) is 9.47 Å². The molecule has 0 bridgehead atoms. The summed E-state index contributed by atoms with van der Waals surface area (Å²) in [6.07, 6.45) is 1.84. The molecule has 0 unspecified atom stereocenters. The molecule has 0 spiro atoms. The Morgan fingerprint density at radius 2 is 2.05 bits per heavy atom. The van der Waals surface area contributed by atoms with E-state index < -0.39 is 5.97 Å². The van der Waals surface area contributed by atoms with Crippen LogP contribution >= 0.6 is 11.8 Å². The van der Waals surface area contributed by atoms with Gasteiger partial charge in [0.1, 0.15) is 23.0 Å². The van der Waals surface area contributed by atoms with E-state index in [0.29, 0.717) is 23.8 Å². The van der Waals surface area contributed by atoms with Gasteiger partial charge in [-0.2, -0.15) is 5.10 Å². The number of aromatic nitrogens is 2. The molecular formula is C15H19N3O3S. The number of ether oxygens (including phenoxy) is 2. The van der Waals surface area contributed by atoms with E-state index in [1.165, 1.54) is 11.8 Å². The van der Waals surface area contributed by atoms with Crippen molar-refractivity contribution in [1.29, 1.82) is 0 Å². The second-order valence-corrected chi connectivity index (χ2v) is 5.14. The highest BCUT2D eigenvalue weighted by Crippen LogP contribution is 2.27. The first kappa shape index (κ1) is 16.4. The molecule has 2 aromatic rings. The lowest BCUT2D eigenvalue weighted by atomic mass is 10.3. The van der Waals surface area contributed by atoms with Gasteiger partial charge in [0.25, 0.3) is 0 Å². The van der Waals surface area contributed by atoms with E-state index in [1.54, 1.807) is 4.68 Å². The fourth-order valence-electron chi connectivity index (χ4n) is 1.92. The Bertz CT molecular complexity index is 628. The Balaban J connectivity index is 2.24. The maximum absolute atomic E-state index is 12.2. The van der Waals surface area contributed by atoms with E-state index in [0.717, 1.165) is 5.69 Å². The van der Waals surface area contributed by atoms with Crippen LogP contribution in [0.4, 0.5) is 5.82 Å². The number of thioether (sulfide) groups is 1. The zero-order chi connectivity index (χ0) is 15.9. The van der Waals surface area contributed by atoms with E-state index >= 15 is 0 Å². The molecule has 0 saturated carbocycles. The summed E-state index contributed by atoms with van der Waals surface area (Å²) < 4.78 is 11.9. The summed E-state index contributed by atoms with van der Waals surface area (Å²) in [5.74, 6) is -0.208. The van der Waals surface area contributed by atoms with Crippen LogP contribution in [-0.4, -0.2) is 41.8 Å². The van der Waals surface area contributed by atoms with Crippen LogP contribution in [0.25, 0.3) is 5.69 Å². The number of nitrogens with zero attached hydrogens (tertiary/aromatic N) is 2. The molecule has 0 radical (unpaired) electrons. The molecule has 1 heterocycles. The normalized spacial score (nSPS) is 10.6. The molecule has 1 aromatic heterocycles. The minimum Gasteiger partial charge on any atom is -0.459 e. The number of nitrogens with two attached hydrogens (primary N) is 1. The summed E-state index contributed by atoms with van der Waals surface area (Å²) >= 11 is 1.35. The second kappa shape index (κ2) is 7.86. The maximum atomic E-state index is 12.2. The zero-order valence-corrected chi connectivity index (χ0v) is 13.4. The van der Waals surface area contributed by atoms with Crippen LogP contribution in [0.2, 0.25) is 0 Å². The number of esters is 1. The molecule has 0 fully saturated rings. The first-order valence-corrected chi connectivity index (χ1v) is 8.14. The Kier molecular flexibility index (Phi) is 5.85. The van der Waals surface area contributed by atoms with E-state index in [1.807, 2.05) is 43.5 Å². The zero-order valence-electron chi connectivity index (χ0n) is 12.6. The van der Waals surface area contributed by atoms with Crippen LogP contribution in [0.15, 0.2) is 35.4 Å². The second-order valence-electron chi connectivity index (χ2n) is 4.35. The van der Waals surface area contributed by atoms with Crippen molar-refractivity contribution < 1.29 is 14.3 Å². The molecule has 0 aliphatic heterocycles. The molecule has 1 aromatic carbocycles. The summed E-state index contributed by atoms with van der Waals surface area (Å²) in [4.78, 5) is 12.2. The highest BCUT2D eigenvalue weighted by Gasteiger charge is 2.23. The van der Waals surface area contributed by atoms with Crippen LogP contribution in [0.3, 0.4) is 0 Å². The van der Waals surface area contributed by atoms with Gasteiger partial charge in [-0.1, -0.05) is 18.2 Å². The van der Waals surface area contributed by atoms with Crippen molar-refractivity contribution >= 4 is 23.5 Å². The number of hydrogen-bond acceptors (Lipinski definition) is 6. The van der Waals surface area contributed by atoms with Crippen LogP contribution in [0.5, 0.6) is 0 Å². The largest absolute Gasteiger partial charge is 0.459 e. The number of nitrogen functional groups attached to an aromatic ring is 1. The number of hydrogen-bond donors (Lipinski definition) is 1. The third-order valence-corrected chi connectivity index (χ3v) is 3.62. The fraction of sp³-hybridized carbons (Fsp3) is 0.333. The van der Waals surface area contributed by atoms with Gasteiger partial charge in [0, 0.05) is 6.61 Å². The predicted molar refractivity (Wildman–Crippen MR) is 86.5 cm³/mol. The Labute approximate surface area is 133 Å². The van der Waals surface area contributed by atoms with Gasteiger partial charge in [-0.05, 0) is 25.3 Å². The van der Waals surface area contributed by atoms with Crippen molar-refractivity contribution in [3.63, 3.8) is 0 Å². The summed E-state index contributed by atoms with van der Waals surface area (Å²) in [6.45, 7) is 3.03. The highest BCUT2D eigenvalue weighted by molar-refractivity contribution is 7.98. The summed E-state index contributed by atoms with van der Waals surface area (Å²) in [6, 6.07) is 9.42. The number of carbonyl (C=O) groups is 1. The van der Waals surface area contributed by atoms with E-state index in [4.69, 9.17) is 15.2 Å². The third-order valence-electron chi connectivity index (χ3n) is 2.95. The number of rotatable bonds is 7. The minimum absolute atomic E-state index is 0.191. The molecular weight excluding hydrogens is 302 g/mol. The maximum Gasteiger partial charge on any atom is 0.344 e. The lowest BCUT2D eigenvalue weighted by molar-refractivity contribution is 0.0333. The monoisotopic (exact) mass is 321 g/mol. The molecule has 118 valence electrons. The standard InChI is InChI=1S/C15H19N3O3S/c1-3-20-9-10-21-15(19)12-13(16)18(17-14(12)22-2)11-7-5-4-6-8-11/h4-8H,3,9-10,16H2,1-2H3. The van der Waals surface area contributed by atoms with Crippen LogP contribution in [0, 0.1) is 0 Å². The van der Waals surface area contributed by atoms with Gasteiger partial charge < -0.3 is 15.2 Å². The van der Waals surface area contributed by atoms with Gasteiger partial charge in [0.2, 0.25) is 0 Å². The van der Waals surface area contributed by atoms with Gasteiger partial charge >= 0.3 is 5.97 Å². The van der Waals surface area contributed by atoms with Gasteiger partial charge in [-0.15, -0.1) is 11.8 Å². The third kappa shape index (κ3) is 3.61. The first-order chi connectivity index (χ1) is 10.7. The summed E-state index contributed by atoms with van der Waals surface area (Å²) in [7, 11) is 0. The molecule has 2 N–H and O–H groups in total. The average molecular weight is 321 g/mol. The molecule has 0 aliphatic carbocycles. The van der Waals surface area contributed by atoms with Crippen molar-refractivity contribution in [3.8, 4) is 5.69 Å². The van der Waals surface area contributed by atoms with Gasteiger partial charge in [-0.3, -0.25) is 0 Å². The lowest BCUT2D eigenvalue weighted by Crippen LogP contribution is -2.13. The minimum atomic E-state index is -0.483. The first-order valence-electron chi connectivity index (χ1n) is 6.91. The summed E-state index contributed by atoms with van der Waals surface area (Å²) in [5, 5.41) is 4.93. The highest BCUT2D eigenvalue weighted by atomic mass is 32.2. The lowest BCUT2D eigenvalue weighted by Gasteiger charge is -2.06. The van der Waals surface area contributed by atoms with Crippen molar-refractivity contribution in [1.82, 2.24) is 9.78 Å². The van der Waals surface area contributed by atoms with Crippen molar-refractivity contribution in [2.75, 3.05) is 31.8 Å². The van der Waals surface area contributed by atoms with E-state index in [2.05, 4.69) is 5.10 Å². The van der Waals surface area contributed by atoms with Crippen molar-refractivity contribution in [3.05, 3.63) is 35.9 Å². The fourth-order valence-corrected chi connectivity index (χ4v) is 2.48. The molecule has 0 atom stereocenters. The quantitative estimate of drug-likeness (QED) is 0.479. The van der Waals surface area contributed by atoms with Gasteiger partial charge in [-0.25, -0.2) is 9.48 Å². The van der Waals surface area contributed by atoms with E-state index in [-0.39, 0.29) is 12.4 Å². The Morgan fingerprint density at radius 1 is 1.32 bits per heavy atom. The van der Waals surface area contributed by atoms with E-state index in [9.17, 15) is 4.79 Å². The average Bonchev–Trinajstić information content (AvgIpc) is 2.89. The molecule has 6 nitrogen and oxygen atoms in total. The molecule has 22 heavy (non-hydrogen) atoms. The van der Waals surface area contributed by atoms with Crippen molar-refractivity contribution in [2.24, 2.45) is 0 Å². The number of para-hydroxylation sites is 1. The summed E-state index contributed by atoms with van der Waals surface area (Å²) in [5.41, 5.74) is 7.19. The van der Waals surface area contributed by atoms with Crippen molar-refractivity contribution in [2.45, 2.75) is 11.9 Å². The Morgan fingerprint density at radius 3 is 2.68 bits per heavy atom. The Hall–Kier alpha value is -1.99. The van der Waals surface area contributed by atoms with Gasteiger partial charge in [0.05, 0.1) is 12.3 Å². The number of benzene rings is 1.